The largest absolute Gasteiger partial charge is 0.126 e. The predicted molar refractivity (Wildman–Crippen MR) is 61.7 cm³/mol. The van der Waals surface area contributed by atoms with E-state index in [4.69, 9.17) is 0 Å². The summed E-state index contributed by atoms with van der Waals surface area (Å²) in [6.07, 6.45) is 10.4. The van der Waals surface area contributed by atoms with Crippen LogP contribution in [-0.2, 0) is 0 Å². The van der Waals surface area contributed by atoms with Crippen molar-refractivity contribution in [1.82, 2.24) is 0 Å². The van der Waals surface area contributed by atoms with Gasteiger partial charge in [-0.2, -0.15) is 0 Å². The third-order valence-electron chi connectivity index (χ3n) is 3.33. The molecule has 0 aromatic carbocycles. The normalized spacial score (nSPS) is 37.9. The first-order valence-corrected chi connectivity index (χ1v) is 5.70. The second-order valence-corrected chi connectivity index (χ2v) is 4.86. The molecular weight excluding hydrogens is 175 g/mol. The van der Waals surface area contributed by atoms with Crippen LogP contribution < -0.4 is 0 Å². The fraction of sp³-hybridized carbons (Fsp3) is 0.500. The lowest BCUT2D eigenvalue weighted by atomic mass is 9.77. The minimum absolute atomic E-state index is 0.551. The lowest BCUT2D eigenvalue weighted by molar-refractivity contribution is 0.506. The number of allylic oxidation sites excluding steroid dienone is 6. The Hall–Kier alpha value is -0.350. The van der Waals surface area contributed by atoms with Crippen LogP contribution in [0.1, 0.15) is 20.3 Å². The van der Waals surface area contributed by atoms with E-state index in [-0.39, 0.29) is 0 Å². The standard InChI is InChI=1S/C12H17P/c1-8-6-7-11-10(9(8)2)4-3-5-12(11)13/h3,5-9,12H,4,13H2,1-2H3. The molecule has 0 heterocycles. The molecule has 4 atom stereocenters. The molecule has 0 saturated heterocycles. The molecule has 2 rings (SSSR count). The van der Waals surface area contributed by atoms with Crippen molar-refractivity contribution in [2.75, 3.05) is 0 Å². The van der Waals surface area contributed by atoms with E-state index < -0.39 is 0 Å². The van der Waals surface area contributed by atoms with Gasteiger partial charge in [0, 0.05) is 5.66 Å². The van der Waals surface area contributed by atoms with Gasteiger partial charge in [-0.05, 0) is 23.8 Å². The fourth-order valence-electron chi connectivity index (χ4n) is 2.18. The molecule has 2 aliphatic carbocycles. The lowest BCUT2D eigenvalue weighted by Gasteiger charge is -2.30. The van der Waals surface area contributed by atoms with Gasteiger partial charge in [0.25, 0.3) is 0 Å². The lowest BCUT2D eigenvalue weighted by Crippen LogP contribution is -2.19. The summed E-state index contributed by atoms with van der Waals surface area (Å²) in [5, 5.41) is 0. The smallest absolute Gasteiger partial charge is 0.0163 e. The molecule has 0 saturated carbocycles. The maximum Gasteiger partial charge on any atom is 0.0163 e. The monoisotopic (exact) mass is 192 g/mol. The molecule has 13 heavy (non-hydrogen) atoms. The topological polar surface area (TPSA) is 0 Å². The maximum atomic E-state index is 2.91. The highest BCUT2D eigenvalue weighted by atomic mass is 31.0. The van der Waals surface area contributed by atoms with Crippen LogP contribution in [0.5, 0.6) is 0 Å². The first kappa shape index (κ1) is 9.21. The van der Waals surface area contributed by atoms with Gasteiger partial charge in [0.2, 0.25) is 0 Å². The second-order valence-electron chi connectivity index (χ2n) is 4.15. The Morgan fingerprint density at radius 2 is 2.08 bits per heavy atom. The van der Waals surface area contributed by atoms with Gasteiger partial charge in [0.1, 0.15) is 0 Å². The van der Waals surface area contributed by atoms with Gasteiger partial charge < -0.3 is 0 Å². The van der Waals surface area contributed by atoms with Crippen molar-refractivity contribution >= 4 is 9.24 Å². The molecule has 2 aliphatic rings. The van der Waals surface area contributed by atoms with E-state index in [2.05, 4.69) is 47.4 Å². The Morgan fingerprint density at radius 3 is 2.85 bits per heavy atom. The Bertz CT molecular complexity index is 296. The molecule has 0 radical (unpaired) electrons. The Kier molecular flexibility index (Phi) is 2.43. The maximum absolute atomic E-state index is 2.91. The zero-order valence-electron chi connectivity index (χ0n) is 8.33. The zero-order chi connectivity index (χ0) is 9.42. The summed E-state index contributed by atoms with van der Waals surface area (Å²) < 4.78 is 0. The molecule has 4 unspecified atom stereocenters. The molecule has 0 aliphatic heterocycles. The van der Waals surface area contributed by atoms with E-state index in [1.165, 1.54) is 5.57 Å². The number of hydrogen-bond acceptors (Lipinski definition) is 0. The van der Waals surface area contributed by atoms with Crippen molar-refractivity contribution in [2.45, 2.75) is 25.9 Å². The first-order chi connectivity index (χ1) is 6.20. The molecule has 0 aromatic heterocycles. The van der Waals surface area contributed by atoms with Crippen molar-refractivity contribution in [2.24, 2.45) is 11.8 Å². The van der Waals surface area contributed by atoms with Crippen LogP contribution in [0.25, 0.3) is 0 Å². The zero-order valence-corrected chi connectivity index (χ0v) is 9.48. The molecule has 1 heteroatoms. The molecule has 0 N–H and O–H groups in total. The highest BCUT2D eigenvalue weighted by Gasteiger charge is 2.24. The van der Waals surface area contributed by atoms with Gasteiger partial charge in [0.15, 0.2) is 0 Å². The van der Waals surface area contributed by atoms with Crippen molar-refractivity contribution in [3.05, 3.63) is 35.5 Å². The first-order valence-electron chi connectivity index (χ1n) is 5.03. The summed E-state index contributed by atoms with van der Waals surface area (Å²) in [5.41, 5.74) is 3.74. The number of rotatable bonds is 0. The van der Waals surface area contributed by atoms with E-state index in [0.29, 0.717) is 11.6 Å². The third-order valence-corrected chi connectivity index (χ3v) is 3.91. The van der Waals surface area contributed by atoms with E-state index in [1.54, 1.807) is 5.57 Å². The van der Waals surface area contributed by atoms with Crippen molar-refractivity contribution in [3.8, 4) is 0 Å². The molecule has 0 fully saturated rings. The summed E-state index contributed by atoms with van der Waals surface area (Å²) in [6, 6.07) is 0. The highest BCUT2D eigenvalue weighted by Crippen LogP contribution is 2.37. The van der Waals surface area contributed by atoms with Crippen molar-refractivity contribution < 1.29 is 0 Å². The molecule has 0 amide bonds. The van der Waals surface area contributed by atoms with Crippen LogP contribution in [0, 0.1) is 11.8 Å². The SMILES string of the molecule is CC1C=CC2=C(CC=CC2P)C1C. The summed E-state index contributed by atoms with van der Waals surface area (Å²) in [4.78, 5) is 0. The average Bonchev–Trinajstić information content (AvgIpc) is 2.12. The van der Waals surface area contributed by atoms with Gasteiger partial charge in [-0.1, -0.05) is 43.7 Å². The van der Waals surface area contributed by atoms with Crippen molar-refractivity contribution in [1.29, 1.82) is 0 Å². The van der Waals surface area contributed by atoms with Gasteiger partial charge in [0.05, 0.1) is 0 Å². The van der Waals surface area contributed by atoms with Crippen LogP contribution >= 0.6 is 9.24 Å². The number of hydrogen-bond donors (Lipinski definition) is 0. The quantitative estimate of drug-likeness (QED) is 0.408. The minimum Gasteiger partial charge on any atom is -0.126 e. The molecular formula is C12H17P. The van der Waals surface area contributed by atoms with Crippen LogP contribution in [0.15, 0.2) is 35.5 Å². The predicted octanol–water partition coefficient (Wildman–Crippen LogP) is 3.33. The Balaban J connectivity index is 2.35. The molecule has 70 valence electrons. The van der Waals surface area contributed by atoms with Crippen LogP contribution in [0.3, 0.4) is 0 Å². The highest BCUT2D eigenvalue weighted by molar-refractivity contribution is 7.18. The van der Waals surface area contributed by atoms with Gasteiger partial charge in [-0.25, -0.2) is 0 Å². The van der Waals surface area contributed by atoms with Crippen molar-refractivity contribution in [3.63, 3.8) is 0 Å². The van der Waals surface area contributed by atoms with Gasteiger partial charge >= 0.3 is 0 Å². The van der Waals surface area contributed by atoms with Crippen LogP contribution in [0.4, 0.5) is 0 Å². The van der Waals surface area contributed by atoms with E-state index in [1.807, 2.05) is 0 Å². The van der Waals surface area contributed by atoms with Crippen LogP contribution in [-0.4, -0.2) is 5.66 Å². The minimum atomic E-state index is 0.551. The van der Waals surface area contributed by atoms with Gasteiger partial charge in [-0.15, -0.1) is 9.24 Å². The Labute approximate surface area is 83.0 Å². The van der Waals surface area contributed by atoms with Crippen LogP contribution in [0.2, 0.25) is 0 Å². The van der Waals surface area contributed by atoms with E-state index >= 15 is 0 Å². The van der Waals surface area contributed by atoms with E-state index in [9.17, 15) is 0 Å². The molecule has 0 aromatic rings. The summed E-state index contributed by atoms with van der Waals surface area (Å²) in [5.74, 6) is 1.44. The fourth-order valence-corrected chi connectivity index (χ4v) is 2.67. The van der Waals surface area contributed by atoms with Gasteiger partial charge in [-0.3, -0.25) is 0 Å². The summed E-state index contributed by atoms with van der Waals surface area (Å²) in [7, 11) is 2.91. The van der Waals surface area contributed by atoms with E-state index in [0.717, 1.165) is 12.3 Å². The summed E-state index contributed by atoms with van der Waals surface area (Å²) >= 11 is 0. The third kappa shape index (κ3) is 1.53. The molecule has 0 spiro atoms. The molecule has 0 nitrogen and oxygen atoms in total. The Morgan fingerprint density at radius 1 is 1.31 bits per heavy atom. The second kappa shape index (κ2) is 3.42. The summed E-state index contributed by atoms with van der Waals surface area (Å²) in [6.45, 7) is 4.65. The molecule has 0 bridgehead atoms. The average molecular weight is 192 g/mol.